The van der Waals surface area contributed by atoms with Gasteiger partial charge in [0.1, 0.15) is 5.82 Å². The summed E-state index contributed by atoms with van der Waals surface area (Å²) in [5, 5.41) is 23.9. The fourth-order valence-electron chi connectivity index (χ4n) is 4.15. The predicted molar refractivity (Wildman–Crippen MR) is 102 cm³/mol. The predicted octanol–water partition coefficient (Wildman–Crippen LogP) is 0.993. The van der Waals surface area contributed by atoms with E-state index in [4.69, 9.17) is 0 Å². The van der Waals surface area contributed by atoms with Crippen molar-refractivity contribution in [2.24, 2.45) is 0 Å². The van der Waals surface area contributed by atoms with Crippen LogP contribution in [0.2, 0.25) is 0 Å². The lowest BCUT2D eigenvalue weighted by Crippen LogP contribution is -2.70. The molecule has 3 aliphatic heterocycles. The summed E-state index contributed by atoms with van der Waals surface area (Å²) >= 11 is 0. The van der Waals surface area contributed by atoms with Crippen LogP contribution < -0.4 is 4.90 Å². The summed E-state index contributed by atoms with van der Waals surface area (Å²) in [5.74, 6) is 1.39. The molecule has 29 heavy (non-hydrogen) atoms. The number of piperazine rings is 1. The molecule has 2 aromatic heterocycles. The quantitative estimate of drug-likeness (QED) is 0.456. The number of hydrogen-bond acceptors (Lipinski definition) is 8. The SMILES string of the molecule is Cc1nnc2ccc(N3CC4CC(C3)N4S(=O)(=O)c3ccccc3[N+](=O)[O-])nn12. The third-order valence-electron chi connectivity index (χ3n) is 5.47. The summed E-state index contributed by atoms with van der Waals surface area (Å²) in [4.78, 5) is 12.4. The number of piperidine rings is 1. The van der Waals surface area contributed by atoms with Gasteiger partial charge in [0.05, 0.1) is 4.92 Å². The van der Waals surface area contributed by atoms with Crippen molar-refractivity contribution in [3.05, 3.63) is 52.3 Å². The molecule has 11 nitrogen and oxygen atoms in total. The molecule has 0 radical (unpaired) electrons. The number of anilines is 1. The number of sulfonamides is 1. The number of nitro benzene ring substituents is 1. The summed E-state index contributed by atoms with van der Waals surface area (Å²) < 4.78 is 29.4. The van der Waals surface area contributed by atoms with Crippen molar-refractivity contribution in [2.45, 2.75) is 30.3 Å². The van der Waals surface area contributed by atoms with Crippen molar-refractivity contribution in [3.8, 4) is 0 Å². The maximum absolute atomic E-state index is 13.1. The highest BCUT2D eigenvalue weighted by molar-refractivity contribution is 7.89. The number of fused-ring (bicyclic) bond motifs is 3. The number of rotatable bonds is 4. The molecule has 150 valence electrons. The Morgan fingerprint density at radius 3 is 2.55 bits per heavy atom. The van der Waals surface area contributed by atoms with Gasteiger partial charge < -0.3 is 4.90 Å². The third kappa shape index (κ3) is 2.67. The van der Waals surface area contributed by atoms with E-state index in [2.05, 4.69) is 15.3 Å². The third-order valence-corrected chi connectivity index (χ3v) is 7.52. The van der Waals surface area contributed by atoms with Gasteiger partial charge in [-0.15, -0.1) is 15.3 Å². The first-order valence-corrected chi connectivity index (χ1v) is 10.5. The van der Waals surface area contributed by atoms with Crippen LogP contribution in [0.15, 0.2) is 41.3 Å². The highest BCUT2D eigenvalue weighted by Crippen LogP contribution is 2.40. The van der Waals surface area contributed by atoms with Gasteiger partial charge in [-0.05, 0) is 31.5 Å². The Hall–Kier alpha value is -3.12. The Kier molecular flexibility index (Phi) is 3.83. The van der Waals surface area contributed by atoms with Crippen LogP contribution in [0.1, 0.15) is 12.2 Å². The van der Waals surface area contributed by atoms with Gasteiger partial charge >= 0.3 is 0 Å². The van der Waals surface area contributed by atoms with Crippen molar-refractivity contribution in [1.82, 2.24) is 24.1 Å². The summed E-state index contributed by atoms with van der Waals surface area (Å²) in [6.45, 7) is 2.75. The van der Waals surface area contributed by atoms with E-state index < -0.39 is 20.6 Å². The molecule has 5 heterocycles. The molecule has 6 rings (SSSR count). The zero-order chi connectivity index (χ0) is 20.3. The van der Waals surface area contributed by atoms with Gasteiger partial charge in [0.2, 0.25) is 0 Å². The van der Waals surface area contributed by atoms with Gasteiger partial charge in [-0.3, -0.25) is 10.1 Å². The van der Waals surface area contributed by atoms with Crippen molar-refractivity contribution in [2.75, 3.05) is 18.0 Å². The van der Waals surface area contributed by atoms with Crippen LogP contribution in [-0.2, 0) is 10.0 Å². The van der Waals surface area contributed by atoms with E-state index in [0.29, 0.717) is 24.6 Å². The molecule has 0 spiro atoms. The van der Waals surface area contributed by atoms with E-state index in [1.54, 1.807) is 4.52 Å². The second-order valence-electron chi connectivity index (χ2n) is 7.22. The van der Waals surface area contributed by atoms with Gasteiger partial charge in [0.25, 0.3) is 15.7 Å². The monoisotopic (exact) mass is 415 g/mol. The maximum atomic E-state index is 13.1. The Labute approximate surface area is 165 Å². The fraction of sp³-hybridized carbons (Fsp3) is 0.353. The summed E-state index contributed by atoms with van der Waals surface area (Å²) in [6.07, 6.45) is 0.726. The number of aromatic nitrogens is 4. The Morgan fingerprint density at radius 1 is 1.10 bits per heavy atom. The van der Waals surface area contributed by atoms with E-state index in [1.165, 1.54) is 28.6 Å². The standard InChI is InChI=1S/C17H17N7O4S/c1-11-18-19-16-6-7-17(20-22(11)16)21-9-12-8-13(10-21)23(12)29(27,28)15-5-3-2-4-14(15)24(25)26/h2-7,12-13H,8-10H2,1H3. The molecule has 1 aromatic carbocycles. The van der Waals surface area contributed by atoms with Gasteiger partial charge in [-0.2, -0.15) is 8.82 Å². The van der Waals surface area contributed by atoms with Crippen LogP contribution in [0.25, 0.3) is 5.65 Å². The Bertz CT molecular complexity index is 1230. The lowest BCUT2D eigenvalue weighted by atomic mass is 9.91. The first-order valence-electron chi connectivity index (χ1n) is 9.07. The van der Waals surface area contributed by atoms with Gasteiger partial charge in [0.15, 0.2) is 16.4 Å². The molecule has 2 unspecified atom stereocenters. The number of nitro groups is 1. The van der Waals surface area contributed by atoms with E-state index in [9.17, 15) is 18.5 Å². The first-order chi connectivity index (χ1) is 13.9. The van der Waals surface area contributed by atoms with E-state index in [-0.39, 0.29) is 17.0 Å². The number of nitrogens with zero attached hydrogens (tertiary/aromatic N) is 7. The second kappa shape index (κ2) is 6.19. The van der Waals surface area contributed by atoms with Gasteiger partial charge in [0, 0.05) is 31.2 Å². The molecule has 0 aliphatic carbocycles. The van der Waals surface area contributed by atoms with Crippen LogP contribution in [0.4, 0.5) is 11.5 Å². The minimum Gasteiger partial charge on any atom is -0.352 e. The minimum absolute atomic E-state index is 0.252. The van der Waals surface area contributed by atoms with E-state index in [0.717, 1.165) is 12.2 Å². The molecule has 2 bridgehead atoms. The largest absolute Gasteiger partial charge is 0.352 e. The summed E-state index contributed by atoms with van der Waals surface area (Å²) in [7, 11) is -3.96. The van der Waals surface area contributed by atoms with Gasteiger partial charge in [-0.25, -0.2) is 8.42 Å². The smallest absolute Gasteiger partial charge is 0.289 e. The van der Waals surface area contributed by atoms with Crippen molar-refractivity contribution in [1.29, 1.82) is 0 Å². The molecule has 0 N–H and O–H groups in total. The first kappa shape index (κ1) is 17.9. The lowest BCUT2D eigenvalue weighted by Gasteiger charge is -2.55. The van der Waals surface area contributed by atoms with E-state index >= 15 is 0 Å². The summed E-state index contributed by atoms with van der Waals surface area (Å²) in [6, 6.07) is 8.64. The van der Waals surface area contributed by atoms with Crippen LogP contribution in [-0.4, -0.2) is 62.6 Å². The zero-order valence-corrected chi connectivity index (χ0v) is 16.2. The number of para-hydroxylation sites is 1. The minimum atomic E-state index is -3.96. The molecular formula is C17H17N7O4S. The highest BCUT2D eigenvalue weighted by Gasteiger charge is 2.52. The molecule has 12 heteroatoms. The lowest BCUT2D eigenvalue weighted by molar-refractivity contribution is -0.387. The molecule has 2 atom stereocenters. The van der Waals surface area contributed by atoms with Gasteiger partial charge in [-0.1, -0.05) is 12.1 Å². The Balaban J connectivity index is 1.43. The zero-order valence-electron chi connectivity index (χ0n) is 15.4. The van der Waals surface area contributed by atoms with Crippen molar-refractivity contribution >= 4 is 27.2 Å². The van der Waals surface area contributed by atoms with Crippen LogP contribution in [0, 0.1) is 17.0 Å². The van der Waals surface area contributed by atoms with Crippen LogP contribution in [0.3, 0.4) is 0 Å². The topological polar surface area (TPSA) is 127 Å². The van der Waals surface area contributed by atoms with Crippen molar-refractivity contribution < 1.29 is 13.3 Å². The van der Waals surface area contributed by atoms with Crippen molar-refractivity contribution in [3.63, 3.8) is 0 Å². The van der Waals surface area contributed by atoms with Crippen LogP contribution in [0.5, 0.6) is 0 Å². The molecular weight excluding hydrogens is 398 g/mol. The maximum Gasteiger partial charge on any atom is 0.289 e. The average molecular weight is 415 g/mol. The van der Waals surface area contributed by atoms with E-state index in [1.807, 2.05) is 24.0 Å². The normalized spacial score (nSPS) is 21.9. The molecule has 0 saturated carbocycles. The molecule has 3 aromatic rings. The highest BCUT2D eigenvalue weighted by atomic mass is 32.2. The molecule has 3 fully saturated rings. The number of benzene rings is 1. The second-order valence-corrected chi connectivity index (χ2v) is 9.03. The molecule has 3 aliphatic rings. The summed E-state index contributed by atoms with van der Waals surface area (Å²) in [5.41, 5.74) is 0.249. The molecule has 3 saturated heterocycles. The average Bonchev–Trinajstić information content (AvgIpc) is 3.08. The number of hydrogen-bond donors (Lipinski definition) is 0. The molecule has 0 amide bonds. The fourth-order valence-corrected chi connectivity index (χ4v) is 6.12. The van der Waals surface area contributed by atoms with Crippen LogP contribution >= 0.6 is 0 Å². The number of aryl methyl sites for hydroxylation is 1. The Morgan fingerprint density at radius 2 is 1.83 bits per heavy atom.